The van der Waals surface area contributed by atoms with Crippen LogP contribution in [0.3, 0.4) is 0 Å². The predicted molar refractivity (Wildman–Crippen MR) is 58.5 cm³/mol. The van der Waals surface area contributed by atoms with Gasteiger partial charge in [0.25, 0.3) is 0 Å². The van der Waals surface area contributed by atoms with Gasteiger partial charge in [-0.1, -0.05) is 17.2 Å². The molecule has 0 fully saturated rings. The van der Waals surface area contributed by atoms with Gasteiger partial charge in [0, 0.05) is 18.0 Å². The van der Waals surface area contributed by atoms with Crippen molar-refractivity contribution in [3.05, 3.63) is 34.9 Å². The molecule has 0 amide bonds. The van der Waals surface area contributed by atoms with Crippen LogP contribution >= 0.6 is 0 Å². The van der Waals surface area contributed by atoms with Gasteiger partial charge in [-0.3, -0.25) is 4.79 Å². The number of hydrogen-bond donors (Lipinski definition) is 1. The molecule has 0 saturated carbocycles. The molecule has 0 bridgehead atoms. The van der Waals surface area contributed by atoms with E-state index >= 15 is 0 Å². The molecular weight excluding hydrogens is 174 g/mol. The average Bonchev–Trinajstić information content (AvgIpc) is 2.00. The first-order chi connectivity index (χ1) is 6.49. The normalized spacial score (nSPS) is 12.6. The topological polar surface area (TPSA) is 43.1 Å². The number of benzene rings is 1. The van der Waals surface area contributed by atoms with Gasteiger partial charge >= 0.3 is 0 Å². The van der Waals surface area contributed by atoms with E-state index in [1.54, 1.807) is 0 Å². The van der Waals surface area contributed by atoms with E-state index < -0.39 is 0 Å². The lowest BCUT2D eigenvalue weighted by atomic mass is 10.0. The van der Waals surface area contributed by atoms with Gasteiger partial charge in [0.15, 0.2) is 5.78 Å². The standard InChI is InChI=1S/C12H17NO/c1-8-4-9(2)6-11(5-8)12(14)7-10(3)13/h4-6,10H,7,13H2,1-3H3. The molecule has 0 aromatic heterocycles. The first kappa shape index (κ1) is 10.9. The van der Waals surface area contributed by atoms with Crippen molar-refractivity contribution in [1.82, 2.24) is 0 Å². The van der Waals surface area contributed by atoms with E-state index in [1.165, 1.54) is 0 Å². The highest BCUT2D eigenvalue weighted by molar-refractivity contribution is 5.96. The van der Waals surface area contributed by atoms with Gasteiger partial charge in [-0.05, 0) is 32.9 Å². The molecule has 2 N–H and O–H groups in total. The third kappa shape index (κ3) is 2.96. The van der Waals surface area contributed by atoms with Crippen LogP contribution in [-0.4, -0.2) is 11.8 Å². The molecule has 0 aliphatic heterocycles. The highest BCUT2D eigenvalue weighted by Gasteiger charge is 2.08. The lowest BCUT2D eigenvalue weighted by Crippen LogP contribution is -2.19. The van der Waals surface area contributed by atoms with Crippen LogP contribution in [0.1, 0.15) is 34.8 Å². The molecule has 2 nitrogen and oxygen atoms in total. The molecule has 1 atom stereocenters. The fourth-order valence-corrected chi connectivity index (χ4v) is 1.55. The Bertz CT molecular complexity index is 322. The lowest BCUT2D eigenvalue weighted by molar-refractivity contribution is 0.0976. The SMILES string of the molecule is Cc1cc(C)cc(C(=O)CC(C)N)c1. The molecule has 1 aromatic carbocycles. The second-order valence-corrected chi connectivity index (χ2v) is 3.98. The minimum atomic E-state index is -0.0664. The first-order valence-corrected chi connectivity index (χ1v) is 4.86. The van der Waals surface area contributed by atoms with Crippen LogP contribution in [0, 0.1) is 13.8 Å². The summed E-state index contributed by atoms with van der Waals surface area (Å²) in [6.07, 6.45) is 0.420. The number of ketones is 1. The molecule has 1 unspecified atom stereocenters. The fourth-order valence-electron chi connectivity index (χ4n) is 1.55. The van der Waals surface area contributed by atoms with E-state index in [0.29, 0.717) is 6.42 Å². The maximum atomic E-state index is 11.7. The van der Waals surface area contributed by atoms with Crippen LogP contribution in [-0.2, 0) is 0 Å². The Hall–Kier alpha value is -1.15. The van der Waals surface area contributed by atoms with Crippen LogP contribution in [0.2, 0.25) is 0 Å². The lowest BCUT2D eigenvalue weighted by Gasteiger charge is -2.06. The zero-order valence-electron chi connectivity index (χ0n) is 9.00. The highest BCUT2D eigenvalue weighted by Crippen LogP contribution is 2.11. The summed E-state index contributed by atoms with van der Waals surface area (Å²) < 4.78 is 0. The number of Topliss-reactive ketones (excluding diaryl/α,β-unsaturated/α-hetero) is 1. The highest BCUT2D eigenvalue weighted by atomic mass is 16.1. The maximum Gasteiger partial charge on any atom is 0.164 e. The minimum Gasteiger partial charge on any atom is -0.328 e. The van der Waals surface area contributed by atoms with Crippen LogP contribution in [0.25, 0.3) is 0 Å². The Morgan fingerprint density at radius 3 is 2.21 bits per heavy atom. The Labute approximate surface area is 85.1 Å². The van der Waals surface area contributed by atoms with E-state index in [-0.39, 0.29) is 11.8 Å². The molecule has 0 radical (unpaired) electrons. The second kappa shape index (κ2) is 4.38. The summed E-state index contributed by atoms with van der Waals surface area (Å²) in [4.78, 5) is 11.7. The summed E-state index contributed by atoms with van der Waals surface area (Å²) in [5.74, 6) is 0.131. The van der Waals surface area contributed by atoms with Crippen LogP contribution in [0.15, 0.2) is 18.2 Å². The predicted octanol–water partition coefficient (Wildman–Crippen LogP) is 2.22. The Balaban J connectivity index is 2.90. The van der Waals surface area contributed by atoms with Crippen molar-refractivity contribution in [2.24, 2.45) is 5.73 Å². The quantitative estimate of drug-likeness (QED) is 0.744. The minimum absolute atomic E-state index is 0.0664. The Kier molecular flexibility index (Phi) is 3.42. The number of carbonyl (C=O) groups is 1. The molecule has 2 heteroatoms. The maximum absolute atomic E-state index is 11.7. The third-order valence-corrected chi connectivity index (χ3v) is 2.05. The smallest absolute Gasteiger partial charge is 0.164 e. The van der Waals surface area contributed by atoms with Crippen LogP contribution in [0.5, 0.6) is 0 Å². The van der Waals surface area contributed by atoms with Crippen molar-refractivity contribution in [2.75, 3.05) is 0 Å². The molecule has 0 heterocycles. The van der Waals surface area contributed by atoms with E-state index in [2.05, 4.69) is 6.07 Å². The summed E-state index contributed by atoms with van der Waals surface area (Å²) in [5.41, 5.74) is 8.61. The van der Waals surface area contributed by atoms with Gasteiger partial charge in [-0.15, -0.1) is 0 Å². The second-order valence-electron chi connectivity index (χ2n) is 3.98. The van der Waals surface area contributed by atoms with Gasteiger partial charge in [-0.2, -0.15) is 0 Å². The molecular formula is C12H17NO. The van der Waals surface area contributed by atoms with E-state index in [0.717, 1.165) is 16.7 Å². The van der Waals surface area contributed by atoms with Crippen molar-refractivity contribution >= 4 is 5.78 Å². The van der Waals surface area contributed by atoms with Crippen molar-refractivity contribution in [3.63, 3.8) is 0 Å². The van der Waals surface area contributed by atoms with Crippen molar-refractivity contribution in [1.29, 1.82) is 0 Å². The van der Waals surface area contributed by atoms with Crippen molar-refractivity contribution < 1.29 is 4.79 Å². The Morgan fingerprint density at radius 2 is 1.79 bits per heavy atom. The van der Waals surface area contributed by atoms with Crippen molar-refractivity contribution in [3.8, 4) is 0 Å². The Morgan fingerprint density at radius 1 is 1.29 bits per heavy atom. The van der Waals surface area contributed by atoms with Gasteiger partial charge in [-0.25, -0.2) is 0 Å². The number of rotatable bonds is 3. The van der Waals surface area contributed by atoms with Crippen LogP contribution < -0.4 is 5.73 Å². The van der Waals surface area contributed by atoms with E-state index in [1.807, 2.05) is 32.9 Å². The number of aryl methyl sites for hydroxylation is 2. The molecule has 0 aliphatic carbocycles. The summed E-state index contributed by atoms with van der Waals surface area (Å²) in [5, 5.41) is 0. The third-order valence-electron chi connectivity index (χ3n) is 2.05. The summed E-state index contributed by atoms with van der Waals surface area (Å²) in [6.45, 7) is 5.84. The number of carbonyl (C=O) groups excluding carboxylic acids is 1. The molecule has 1 aromatic rings. The van der Waals surface area contributed by atoms with Crippen LogP contribution in [0.4, 0.5) is 0 Å². The van der Waals surface area contributed by atoms with E-state index in [9.17, 15) is 4.79 Å². The molecule has 76 valence electrons. The molecule has 14 heavy (non-hydrogen) atoms. The van der Waals surface area contributed by atoms with Crippen molar-refractivity contribution in [2.45, 2.75) is 33.2 Å². The largest absolute Gasteiger partial charge is 0.328 e. The zero-order chi connectivity index (χ0) is 10.7. The van der Waals surface area contributed by atoms with Gasteiger partial charge in [0.1, 0.15) is 0 Å². The number of nitrogens with two attached hydrogens (primary N) is 1. The summed E-state index contributed by atoms with van der Waals surface area (Å²) >= 11 is 0. The van der Waals surface area contributed by atoms with Gasteiger partial charge in [0.05, 0.1) is 0 Å². The summed E-state index contributed by atoms with van der Waals surface area (Å²) in [6, 6.07) is 5.82. The zero-order valence-corrected chi connectivity index (χ0v) is 9.00. The molecule has 0 spiro atoms. The first-order valence-electron chi connectivity index (χ1n) is 4.86. The molecule has 0 aliphatic rings. The summed E-state index contributed by atoms with van der Waals surface area (Å²) in [7, 11) is 0. The van der Waals surface area contributed by atoms with Gasteiger partial charge in [0.2, 0.25) is 0 Å². The van der Waals surface area contributed by atoms with E-state index in [4.69, 9.17) is 5.73 Å². The monoisotopic (exact) mass is 191 g/mol. The van der Waals surface area contributed by atoms with Gasteiger partial charge < -0.3 is 5.73 Å². The number of hydrogen-bond acceptors (Lipinski definition) is 2. The molecule has 1 rings (SSSR count). The molecule has 0 saturated heterocycles. The fraction of sp³-hybridized carbons (Fsp3) is 0.417. The average molecular weight is 191 g/mol.